The van der Waals surface area contributed by atoms with Crippen LogP contribution in [-0.2, 0) is 0 Å². The standard InChI is InChI=1S/C10H8N6O3S/c11-9-8(13-15-20-9)10(17)14-12-5-6-2-1-3-7(4-6)16(18)19/h1-5H,11H2,(H,14,17). The second-order valence-corrected chi connectivity index (χ2v) is 4.32. The summed E-state index contributed by atoms with van der Waals surface area (Å²) in [5.41, 5.74) is 8.10. The van der Waals surface area contributed by atoms with E-state index >= 15 is 0 Å². The van der Waals surface area contributed by atoms with Gasteiger partial charge in [0.05, 0.1) is 11.1 Å². The number of nitrogens with two attached hydrogens (primary N) is 1. The first-order chi connectivity index (χ1) is 9.58. The zero-order valence-electron chi connectivity index (χ0n) is 9.89. The Bertz CT molecular complexity index is 683. The molecule has 2 aromatic rings. The molecule has 1 aromatic carbocycles. The number of nitro groups is 1. The van der Waals surface area contributed by atoms with Gasteiger partial charge in [-0.3, -0.25) is 14.9 Å². The molecule has 1 amide bonds. The molecule has 102 valence electrons. The van der Waals surface area contributed by atoms with E-state index in [1.165, 1.54) is 24.4 Å². The zero-order valence-corrected chi connectivity index (χ0v) is 10.7. The number of nitro benzene ring substituents is 1. The topological polar surface area (TPSA) is 136 Å². The van der Waals surface area contributed by atoms with Gasteiger partial charge in [-0.05, 0) is 0 Å². The lowest BCUT2D eigenvalue weighted by atomic mass is 10.2. The first-order valence-electron chi connectivity index (χ1n) is 5.23. The van der Waals surface area contributed by atoms with E-state index in [0.29, 0.717) is 5.56 Å². The quantitative estimate of drug-likeness (QED) is 0.485. The number of benzene rings is 1. The molecular formula is C10H8N6O3S. The molecule has 20 heavy (non-hydrogen) atoms. The Labute approximate surface area is 116 Å². The van der Waals surface area contributed by atoms with E-state index < -0.39 is 10.8 Å². The third-order valence-electron chi connectivity index (χ3n) is 2.19. The fourth-order valence-electron chi connectivity index (χ4n) is 1.29. The highest BCUT2D eigenvalue weighted by molar-refractivity contribution is 7.10. The molecule has 0 aliphatic carbocycles. The van der Waals surface area contributed by atoms with Crippen molar-refractivity contribution < 1.29 is 9.72 Å². The van der Waals surface area contributed by atoms with Crippen LogP contribution in [0.25, 0.3) is 0 Å². The Hall–Kier alpha value is -2.88. The Morgan fingerprint density at radius 1 is 1.55 bits per heavy atom. The molecule has 0 saturated carbocycles. The average Bonchev–Trinajstić information content (AvgIpc) is 2.85. The van der Waals surface area contributed by atoms with Crippen LogP contribution >= 0.6 is 11.5 Å². The van der Waals surface area contributed by atoms with Gasteiger partial charge >= 0.3 is 0 Å². The highest BCUT2D eigenvalue weighted by atomic mass is 32.1. The normalized spacial score (nSPS) is 10.6. The van der Waals surface area contributed by atoms with Crippen molar-refractivity contribution in [1.29, 1.82) is 0 Å². The first kappa shape index (κ1) is 13.5. The van der Waals surface area contributed by atoms with Crippen LogP contribution in [0.3, 0.4) is 0 Å². The van der Waals surface area contributed by atoms with Crippen LogP contribution in [0.15, 0.2) is 29.4 Å². The van der Waals surface area contributed by atoms with Gasteiger partial charge in [-0.1, -0.05) is 16.6 Å². The number of nitrogen functional groups attached to an aromatic ring is 1. The fraction of sp³-hybridized carbons (Fsp3) is 0. The number of rotatable bonds is 4. The lowest BCUT2D eigenvalue weighted by Crippen LogP contribution is -2.19. The predicted molar refractivity (Wildman–Crippen MR) is 72.5 cm³/mol. The van der Waals surface area contributed by atoms with Crippen molar-refractivity contribution >= 4 is 34.3 Å². The summed E-state index contributed by atoms with van der Waals surface area (Å²) >= 11 is 0.897. The second-order valence-electron chi connectivity index (χ2n) is 3.54. The highest BCUT2D eigenvalue weighted by Gasteiger charge is 2.13. The Kier molecular flexibility index (Phi) is 3.96. The van der Waals surface area contributed by atoms with Crippen molar-refractivity contribution in [3.63, 3.8) is 0 Å². The molecule has 2 rings (SSSR count). The van der Waals surface area contributed by atoms with Crippen molar-refractivity contribution in [3.05, 3.63) is 45.6 Å². The van der Waals surface area contributed by atoms with E-state index in [1.807, 2.05) is 0 Å². The molecule has 0 fully saturated rings. The van der Waals surface area contributed by atoms with Crippen LogP contribution in [0, 0.1) is 10.1 Å². The lowest BCUT2D eigenvalue weighted by molar-refractivity contribution is -0.384. The number of hydrogen-bond donors (Lipinski definition) is 2. The van der Waals surface area contributed by atoms with Crippen molar-refractivity contribution in [2.75, 3.05) is 5.73 Å². The third-order valence-corrected chi connectivity index (χ3v) is 2.74. The number of non-ortho nitro benzene ring substituents is 1. The van der Waals surface area contributed by atoms with Gasteiger partial charge in [-0.15, -0.1) is 5.10 Å². The van der Waals surface area contributed by atoms with Crippen LogP contribution in [0.4, 0.5) is 10.7 Å². The molecule has 0 aliphatic heterocycles. The number of anilines is 1. The van der Waals surface area contributed by atoms with Crippen molar-refractivity contribution in [3.8, 4) is 0 Å². The molecule has 9 nitrogen and oxygen atoms in total. The zero-order chi connectivity index (χ0) is 14.5. The van der Waals surface area contributed by atoms with Crippen LogP contribution in [0.5, 0.6) is 0 Å². The predicted octanol–water partition coefficient (Wildman–Crippen LogP) is 0.792. The highest BCUT2D eigenvalue weighted by Crippen LogP contribution is 2.12. The average molecular weight is 292 g/mol. The SMILES string of the molecule is Nc1snnc1C(=O)NN=Cc1cccc([N+](=O)[O-])c1. The third kappa shape index (κ3) is 3.11. The van der Waals surface area contributed by atoms with E-state index in [1.54, 1.807) is 6.07 Å². The number of carbonyl (C=O) groups is 1. The minimum atomic E-state index is -0.599. The largest absolute Gasteiger partial charge is 0.387 e. The van der Waals surface area contributed by atoms with Gasteiger partial charge in [-0.2, -0.15) is 5.10 Å². The van der Waals surface area contributed by atoms with E-state index in [2.05, 4.69) is 20.1 Å². The molecule has 0 radical (unpaired) electrons. The van der Waals surface area contributed by atoms with E-state index in [9.17, 15) is 14.9 Å². The van der Waals surface area contributed by atoms with Gasteiger partial charge in [0, 0.05) is 29.2 Å². The fourth-order valence-corrected chi connectivity index (χ4v) is 1.72. The van der Waals surface area contributed by atoms with Crippen LogP contribution in [-0.4, -0.2) is 26.6 Å². The maximum absolute atomic E-state index is 11.6. The monoisotopic (exact) mass is 292 g/mol. The van der Waals surface area contributed by atoms with Gasteiger partial charge < -0.3 is 5.73 Å². The minimum Gasteiger partial charge on any atom is -0.387 e. The second kappa shape index (κ2) is 5.84. The smallest absolute Gasteiger partial charge is 0.295 e. The summed E-state index contributed by atoms with van der Waals surface area (Å²) < 4.78 is 3.52. The van der Waals surface area contributed by atoms with Crippen LogP contribution in [0.2, 0.25) is 0 Å². The van der Waals surface area contributed by atoms with Crippen LogP contribution < -0.4 is 11.2 Å². The number of aromatic nitrogens is 2. The summed E-state index contributed by atoms with van der Waals surface area (Å²) in [7, 11) is 0. The summed E-state index contributed by atoms with van der Waals surface area (Å²) in [6, 6.07) is 5.82. The van der Waals surface area contributed by atoms with Crippen LogP contribution in [0.1, 0.15) is 16.1 Å². The van der Waals surface area contributed by atoms with Gasteiger partial charge in [0.15, 0.2) is 5.69 Å². The van der Waals surface area contributed by atoms with E-state index in [0.717, 1.165) is 11.5 Å². The van der Waals surface area contributed by atoms with Gasteiger partial charge in [0.1, 0.15) is 5.00 Å². The van der Waals surface area contributed by atoms with Gasteiger partial charge in [0.25, 0.3) is 11.6 Å². The summed E-state index contributed by atoms with van der Waals surface area (Å²) in [5.74, 6) is -0.599. The summed E-state index contributed by atoms with van der Waals surface area (Å²) in [6.45, 7) is 0. The van der Waals surface area contributed by atoms with Gasteiger partial charge in [-0.25, -0.2) is 5.43 Å². The minimum absolute atomic E-state index is 0.00816. The molecular weight excluding hydrogens is 284 g/mol. The maximum atomic E-state index is 11.6. The van der Waals surface area contributed by atoms with Gasteiger partial charge in [0.2, 0.25) is 0 Å². The molecule has 0 atom stereocenters. The molecule has 0 aliphatic rings. The lowest BCUT2D eigenvalue weighted by Gasteiger charge is -1.96. The molecule has 3 N–H and O–H groups in total. The number of hydrogen-bond acceptors (Lipinski definition) is 8. The number of carbonyl (C=O) groups excluding carboxylic acids is 1. The molecule has 0 unspecified atom stereocenters. The first-order valence-corrected chi connectivity index (χ1v) is 6.01. The molecule has 0 spiro atoms. The van der Waals surface area contributed by atoms with Crippen molar-refractivity contribution in [1.82, 2.24) is 15.0 Å². The number of nitrogens with zero attached hydrogens (tertiary/aromatic N) is 4. The molecule has 0 saturated heterocycles. The number of amides is 1. The number of nitrogens with one attached hydrogen (secondary N) is 1. The van der Waals surface area contributed by atoms with E-state index in [4.69, 9.17) is 5.73 Å². The van der Waals surface area contributed by atoms with Crippen molar-refractivity contribution in [2.24, 2.45) is 5.10 Å². The van der Waals surface area contributed by atoms with Crippen molar-refractivity contribution in [2.45, 2.75) is 0 Å². The molecule has 0 bridgehead atoms. The number of hydrazone groups is 1. The summed E-state index contributed by atoms with van der Waals surface area (Å²) in [4.78, 5) is 21.7. The molecule has 1 aromatic heterocycles. The Morgan fingerprint density at radius 3 is 3.00 bits per heavy atom. The summed E-state index contributed by atoms with van der Waals surface area (Å²) in [5, 5.41) is 18.0. The Balaban J connectivity index is 2.04. The molecule has 10 heteroatoms. The Morgan fingerprint density at radius 2 is 2.35 bits per heavy atom. The maximum Gasteiger partial charge on any atom is 0.295 e. The van der Waals surface area contributed by atoms with E-state index in [-0.39, 0.29) is 16.4 Å². The molecule has 1 heterocycles. The summed E-state index contributed by atoms with van der Waals surface area (Å²) in [6.07, 6.45) is 1.28.